The highest BCUT2D eigenvalue weighted by Gasteiger charge is 2.54. The van der Waals surface area contributed by atoms with Gasteiger partial charge in [-0.1, -0.05) is 127 Å². The number of ether oxygens (including phenoxy) is 2. The van der Waals surface area contributed by atoms with Gasteiger partial charge in [-0.05, 0) is 109 Å². The van der Waals surface area contributed by atoms with E-state index in [2.05, 4.69) is 193 Å². The molecule has 0 saturated heterocycles. The minimum absolute atomic E-state index is 0.577. The van der Waals surface area contributed by atoms with Gasteiger partial charge in [0.1, 0.15) is 0 Å². The molecule has 18 rings (SSSR count). The van der Waals surface area contributed by atoms with Gasteiger partial charge >= 0.3 is 0 Å². The van der Waals surface area contributed by atoms with E-state index in [9.17, 15) is 5.26 Å². The first-order chi connectivity index (χ1) is 41.1. The van der Waals surface area contributed by atoms with Crippen LogP contribution in [0.1, 0.15) is 27.8 Å². The van der Waals surface area contributed by atoms with Crippen molar-refractivity contribution in [3.05, 3.63) is 282 Å². The molecule has 0 amide bonds. The molecule has 10 nitrogen and oxygen atoms in total. The molecule has 0 N–H and O–H groups in total. The lowest BCUT2D eigenvalue weighted by atomic mass is 9.66. The number of para-hydroxylation sites is 10. The van der Waals surface area contributed by atoms with E-state index < -0.39 is 5.41 Å². The molecule has 384 valence electrons. The molecule has 1 atom stereocenters. The summed E-state index contributed by atoms with van der Waals surface area (Å²) < 4.78 is 21.5. The summed E-state index contributed by atoms with van der Waals surface area (Å²) in [6.07, 6.45) is 3.94. The zero-order valence-electron chi connectivity index (χ0n) is 44.0. The molecule has 0 radical (unpaired) electrons. The van der Waals surface area contributed by atoms with Crippen LogP contribution in [-0.4, -0.2) is 23.7 Å². The van der Waals surface area contributed by atoms with Crippen molar-refractivity contribution < 1.29 is 9.47 Å². The lowest BCUT2D eigenvalue weighted by Gasteiger charge is -2.42. The number of pyridine rings is 2. The largest absolute Gasteiger partial charge is 0.453 e. The van der Waals surface area contributed by atoms with E-state index in [1.54, 1.807) is 0 Å². The van der Waals surface area contributed by atoms with Gasteiger partial charge in [0.15, 0.2) is 28.7 Å². The molecule has 10 aromatic carbocycles. The molecule has 15 aromatic rings. The van der Waals surface area contributed by atoms with Crippen molar-refractivity contribution in [1.29, 1.82) is 5.26 Å². The van der Waals surface area contributed by atoms with Gasteiger partial charge in [0, 0.05) is 49.2 Å². The number of hydrogen-bond acceptors (Lipinski definition) is 6. The second kappa shape index (κ2) is 16.7. The zero-order valence-corrected chi connectivity index (χ0v) is 44.0. The Morgan fingerprint density at radius 2 is 0.843 bits per heavy atom. The predicted molar refractivity (Wildman–Crippen MR) is 328 cm³/mol. The lowest BCUT2D eigenvalue weighted by Crippen LogP contribution is -2.33. The first kappa shape index (κ1) is 45.2. The number of rotatable bonds is 4. The van der Waals surface area contributed by atoms with Crippen LogP contribution in [0.3, 0.4) is 0 Å². The molecule has 10 heteroatoms. The van der Waals surface area contributed by atoms with Gasteiger partial charge in [-0.3, -0.25) is 14.9 Å². The SMILES string of the molecule is [C-]#[N+]c1ccc2c(c1)c1ccccc1n2-c1cnc2c(c1)C1(c3cc(-n4c5ccccc5c5cc(C#N)ccc54)cnc3-2)c2cccc(N3c4ccccc4Oc4ccccc43)c2Oc2c(-n3c4ccccc4c4ccccc43)cccc21. The first-order valence-corrected chi connectivity index (χ1v) is 27.5. The second-order valence-corrected chi connectivity index (χ2v) is 21.4. The molecule has 5 aromatic heterocycles. The Labute approximate surface area is 474 Å². The van der Waals surface area contributed by atoms with Gasteiger partial charge in [0.2, 0.25) is 0 Å². The van der Waals surface area contributed by atoms with E-state index in [0.29, 0.717) is 22.7 Å². The molecule has 7 heterocycles. The monoisotopic (exact) mass is 1060 g/mol. The highest BCUT2D eigenvalue weighted by atomic mass is 16.5. The van der Waals surface area contributed by atoms with Gasteiger partial charge in [-0.2, -0.15) is 5.26 Å². The summed E-state index contributed by atoms with van der Waals surface area (Å²) in [7, 11) is 0. The highest BCUT2D eigenvalue weighted by molar-refractivity contribution is 6.12. The Morgan fingerprint density at radius 3 is 1.40 bits per heavy atom. The van der Waals surface area contributed by atoms with Crippen LogP contribution in [0.2, 0.25) is 0 Å². The van der Waals surface area contributed by atoms with Crippen LogP contribution in [0.4, 0.5) is 22.7 Å². The van der Waals surface area contributed by atoms with Crippen molar-refractivity contribution in [2.75, 3.05) is 4.90 Å². The third-order valence-corrected chi connectivity index (χ3v) is 17.4. The van der Waals surface area contributed by atoms with Crippen molar-refractivity contribution in [2.24, 2.45) is 0 Å². The normalized spacial score (nSPS) is 14.5. The summed E-state index contributed by atoms with van der Waals surface area (Å²) in [5.74, 6) is 2.80. The molecule has 83 heavy (non-hydrogen) atoms. The van der Waals surface area contributed by atoms with Crippen LogP contribution in [-0.2, 0) is 5.41 Å². The van der Waals surface area contributed by atoms with Crippen molar-refractivity contribution in [2.45, 2.75) is 5.41 Å². The Bertz CT molecular complexity index is 5200. The molecule has 0 fully saturated rings. The zero-order chi connectivity index (χ0) is 54.7. The van der Waals surface area contributed by atoms with Gasteiger partial charge < -0.3 is 23.2 Å². The maximum absolute atomic E-state index is 10.2. The minimum Gasteiger partial charge on any atom is -0.453 e. The number of nitriles is 1. The van der Waals surface area contributed by atoms with Crippen molar-refractivity contribution in [3.8, 4) is 57.5 Å². The maximum atomic E-state index is 10.2. The Balaban J connectivity index is 1.01. The van der Waals surface area contributed by atoms with Crippen LogP contribution < -0.4 is 14.4 Å². The smallest absolute Gasteiger partial charge is 0.188 e. The molecule has 1 unspecified atom stereocenters. The van der Waals surface area contributed by atoms with E-state index >= 15 is 0 Å². The average molecular weight is 1060 g/mol. The predicted octanol–water partition coefficient (Wildman–Crippen LogP) is 18.2. The maximum Gasteiger partial charge on any atom is 0.188 e. The topological polar surface area (TPSA) is 90.4 Å². The number of aromatic nitrogens is 5. The number of benzene rings is 10. The van der Waals surface area contributed by atoms with Crippen LogP contribution in [0.15, 0.2) is 243 Å². The second-order valence-electron chi connectivity index (χ2n) is 21.4. The summed E-state index contributed by atoms with van der Waals surface area (Å²) in [5.41, 5.74) is 16.4. The van der Waals surface area contributed by atoms with Crippen LogP contribution >= 0.6 is 0 Å². The molecule has 3 aliphatic rings. The summed E-state index contributed by atoms with van der Waals surface area (Å²) in [6.45, 7) is 7.99. The number of hydrogen-bond donors (Lipinski definition) is 0. The van der Waals surface area contributed by atoms with E-state index in [0.717, 1.165) is 145 Å². The lowest BCUT2D eigenvalue weighted by molar-refractivity contribution is 0.434. The van der Waals surface area contributed by atoms with Crippen LogP contribution in [0.25, 0.3) is 98.7 Å². The van der Waals surface area contributed by atoms with E-state index in [1.165, 1.54) is 0 Å². The molecule has 0 bridgehead atoms. The summed E-state index contributed by atoms with van der Waals surface area (Å²) in [4.78, 5) is 17.3. The van der Waals surface area contributed by atoms with Crippen molar-refractivity contribution in [3.63, 3.8) is 0 Å². The van der Waals surface area contributed by atoms with Crippen molar-refractivity contribution in [1.82, 2.24) is 23.7 Å². The van der Waals surface area contributed by atoms with Gasteiger partial charge in [0.05, 0.1) is 115 Å². The quantitative estimate of drug-likeness (QED) is 0.163. The average Bonchev–Trinajstić information content (AvgIpc) is 2.77. The Kier molecular flexibility index (Phi) is 9.07. The molecule has 1 spiro atoms. The standard InChI is InChI=1S/C73H40N8O2/c1-75-44-33-35-62-52(37-44)50-19-5-7-23-58(50)79(62)46-39-56-70(77-42-46)69-55(38-45(41-76-69)78-57-22-6-4-18-49(57)51-36-43(40-74)32-34-61(51)78)73(56)53-20-14-28-65(80-59-24-8-2-16-47(59)48-17-3-9-25-60(48)80)71(53)83-72-54(73)21-15-29-66(72)81-63-26-10-12-30-67(63)82-68-31-13-11-27-64(68)81/h2-39,41-42H. The minimum atomic E-state index is -1.15. The molecule has 2 aliphatic heterocycles. The Hall–Kier alpha value is -11.7. The fraction of sp³-hybridized carbons (Fsp3) is 0.0137. The van der Waals surface area contributed by atoms with Gasteiger partial charge in [0.25, 0.3) is 0 Å². The fourth-order valence-electron chi connectivity index (χ4n) is 14.1. The highest BCUT2D eigenvalue weighted by Crippen LogP contribution is 2.66. The summed E-state index contributed by atoms with van der Waals surface area (Å²) >= 11 is 0. The summed E-state index contributed by atoms with van der Waals surface area (Å²) in [6, 6.07) is 82.3. The van der Waals surface area contributed by atoms with Gasteiger partial charge in [-0.25, -0.2) is 4.85 Å². The third kappa shape index (κ3) is 5.97. The summed E-state index contributed by atoms with van der Waals surface area (Å²) in [5, 5.41) is 16.5. The number of nitrogens with zero attached hydrogens (tertiary/aromatic N) is 8. The molecular formula is C73H40N8O2. The third-order valence-electron chi connectivity index (χ3n) is 17.4. The number of fused-ring (bicyclic) bond motifs is 20. The first-order valence-electron chi connectivity index (χ1n) is 27.5. The molecule has 0 saturated carbocycles. The van der Waals surface area contributed by atoms with E-state index in [4.69, 9.17) is 26.0 Å². The number of anilines is 3. The van der Waals surface area contributed by atoms with Crippen molar-refractivity contribution >= 4 is 88.2 Å². The van der Waals surface area contributed by atoms with Gasteiger partial charge in [-0.15, -0.1) is 0 Å². The van der Waals surface area contributed by atoms with Crippen LogP contribution in [0, 0.1) is 17.9 Å². The van der Waals surface area contributed by atoms with E-state index in [-0.39, 0.29) is 0 Å². The van der Waals surface area contributed by atoms with E-state index in [1.807, 2.05) is 79.1 Å². The molecular weight excluding hydrogens is 1020 g/mol. The Morgan fingerprint density at radius 1 is 0.398 bits per heavy atom. The van der Waals surface area contributed by atoms with Crippen LogP contribution in [0.5, 0.6) is 23.0 Å². The molecule has 1 aliphatic carbocycles. The fourth-order valence-corrected chi connectivity index (χ4v) is 14.1.